The maximum absolute atomic E-state index is 3.64. The lowest BCUT2D eigenvalue weighted by molar-refractivity contribution is 0.167. The van der Waals surface area contributed by atoms with Crippen molar-refractivity contribution >= 4 is 0 Å². The summed E-state index contributed by atoms with van der Waals surface area (Å²) in [4.78, 5) is 2.63. The van der Waals surface area contributed by atoms with Crippen LogP contribution in [0.3, 0.4) is 0 Å². The van der Waals surface area contributed by atoms with E-state index >= 15 is 0 Å². The van der Waals surface area contributed by atoms with Gasteiger partial charge in [-0.2, -0.15) is 0 Å². The van der Waals surface area contributed by atoms with Gasteiger partial charge in [0.2, 0.25) is 0 Å². The zero-order chi connectivity index (χ0) is 9.47. The van der Waals surface area contributed by atoms with E-state index in [1.165, 1.54) is 32.5 Å². The fourth-order valence-corrected chi connectivity index (χ4v) is 2.59. The van der Waals surface area contributed by atoms with Crippen molar-refractivity contribution in [1.82, 2.24) is 10.2 Å². The summed E-state index contributed by atoms with van der Waals surface area (Å²) in [6, 6.07) is 0.785. The van der Waals surface area contributed by atoms with Crippen LogP contribution >= 0.6 is 0 Å². The average molecular weight is 182 g/mol. The molecule has 0 aromatic carbocycles. The monoisotopic (exact) mass is 182 g/mol. The number of hydrogen-bond donors (Lipinski definition) is 1. The molecule has 2 rings (SSSR count). The Bertz CT molecular complexity index is 169. The normalized spacial score (nSPS) is 36.2. The fourth-order valence-electron chi connectivity index (χ4n) is 2.59. The lowest BCUT2D eigenvalue weighted by Crippen LogP contribution is -2.43. The molecule has 2 aliphatic rings. The molecule has 2 nitrogen and oxygen atoms in total. The highest BCUT2D eigenvalue weighted by Gasteiger charge is 2.38. The Morgan fingerprint density at radius 1 is 1.23 bits per heavy atom. The highest BCUT2D eigenvalue weighted by Crippen LogP contribution is 2.29. The Hall–Kier alpha value is -0.0800. The van der Waals surface area contributed by atoms with Gasteiger partial charge in [0.1, 0.15) is 0 Å². The van der Waals surface area contributed by atoms with Gasteiger partial charge in [0.25, 0.3) is 0 Å². The van der Waals surface area contributed by atoms with Crippen molar-refractivity contribution in [1.29, 1.82) is 0 Å². The second-order valence-electron chi connectivity index (χ2n) is 5.54. The van der Waals surface area contributed by atoms with Gasteiger partial charge < -0.3 is 5.32 Å². The summed E-state index contributed by atoms with van der Waals surface area (Å²) in [5.41, 5.74) is 0.360. The van der Waals surface area contributed by atoms with Crippen LogP contribution in [0.2, 0.25) is 0 Å². The van der Waals surface area contributed by atoms with Crippen molar-refractivity contribution in [2.45, 2.75) is 45.2 Å². The van der Waals surface area contributed by atoms with E-state index in [0.717, 1.165) is 12.0 Å². The molecule has 0 aromatic rings. The van der Waals surface area contributed by atoms with Crippen LogP contribution in [0.1, 0.15) is 33.6 Å². The highest BCUT2D eigenvalue weighted by molar-refractivity contribution is 4.95. The summed E-state index contributed by atoms with van der Waals surface area (Å²) < 4.78 is 0. The smallest absolute Gasteiger partial charge is 0.0235 e. The topological polar surface area (TPSA) is 15.3 Å². The van der Waals surface area contributed by atoms with Crippen LogP contribution < -0.4 is 5.32 Å². The molecule has 0 unspecified atom stereocenters. The molecule has 2 heterocycles. The molecule has 2 fully saturated rings. The van der Waals surface area contributed by atoms with E-state index in [4.69, 9.17) is 0 Å². The Balaban J connectivity index is 1.99. The maximum Gasteiger partial charge on any atom is 0.0235 e. The van der Waals surface area contributed by atoms with Crippen LogP contribution in [0.5, 0.6) is 0 Å². The van der Waals surface area contributed by atoms with Crippen LogP contribution in [-0.2, 0) is 0 Å². The Labute approximate surface area is 81.7 Å². The van der Waals surface area contributed by atoms with Crippen molar-refractivity contribution in [3.8, 4) is 0 Å². The molecule has 0 spiro atoms. The van der Waals surface area contributed by atoms with E-state index in [9.17, 15) is 0 Å². The first kappa shape index (κ1) is 9.47. The van der Waals surface area contributed by atoms with Crippen LogP contribution in [0, 0.1) is 5.92 Å². The second kappa shape index (κ2) is 3.25. The van der Waals surface area contributed by atoms with Gasteiger partial charge in [-0.05, 0) is 46.1 Å². The number of likely N-dealkylation sites (tertiary alicyclic amines) is 1. The Morgan fingerprint density at radius 3 is 2.62 bits per heavy atom. The molecule has 2 atom stereocenters. The van der Waals surface area contributed by atoms with Crippen LogP contribution in [0.25, 0.3) is 0 Å². The summed E-state index contributed by atoms with van der Waals surface area (Å²) in [7, 11) is 0. The first-order valence-electron chi connectivity index (χ1n) is 5.56. The standard InChI is InChI=1S/C11H22N2/c1-11(2,3)13-7-9-5-4-6-12-10(9)8-13/h9-10,12H,4-8H2,1-3H3/t9-,10-/m1/s1. The van der Waals surface area contributed by atoms with Gasteiger partial charge in [-0.15, -0.1) is 0 Å². The van der Waals surface area contributed by atoms with Gasteiger partial charge in [-0.1, -0.05) is 0 Å². The van der Waals surface area contributed by atoms with E-state index in [2.05, 4.69) is 31.0 Å². The molecule has 2 heteroatoms. The van der Waals surface area contributed by atoms with Crippen molar-refractivity contribution < 1.29 is 0 Å². The third-order valence-corrected chi connectivity index (χ3v) is 3.55. The Morgan fingerprint density at radius 2 is 2.00 bits per heavy atom. The number of rotatable bonds is 0. The summed E-state index contributed by atoms with van der Waals surface area (Å²) >= 11 is 0. The van der Waals surface area contributed by atoms with E-state index in [1.54, 1.807) is 0 Å². The average Bonchev–Trinajstić information content (AvgIpc) is 2.45. The molecular formula is C11H22N2. The first-order chi connectivity index (χ1) is 6.07. The number of fused-ring (bicyclic) bond motifs is 1. The molecule has 2 aliphatic heterocycles. The quantitative estimate of drug-likeness (QED) is 0.610. The van der Waals surface area contributed by atoms with Crippen LogP contribution in [0.4, 0.5) is 0 Å². The third kappa shape index (κ3) is 1.89. The summed E-state index contributed by atoms with van der Waals surface area (Å²) in [5, 5.41) is 3.64. The minimum atomic E-state index is 0.360. The summed E-state index contributed by atoms with van der Waals surface area (Å²) in [6.45, 7) is 10.8. The largest absolute Gasteiger partial charge is 0.312 e. The number of piperidine rings is 1. The molecule has 0 aliphatic carbocycles. The minimum Gasteiger partial charge on any atom is -0.312 e. The van der Waals surface area contributed by atoms with Gasteiger partial charge in [0, 0.05) is 24.7 Å². The predicted molar refractivity (Wildman–Crippen MR) is 55.8 cm³/mol. The van der Waals surface area contributed by atoms with Crippen LogP contribution in [-0.4, -0.2) is 36.1 Å². The third-order valence-electron chi connectivity index (χ3n) is 3.55. The molecule has 1 N–H and O–H groups in total. The Kier molecular flexibility index (Phi) is 2.37. The zero-order valence-corrected chi connectivity index (χ0v) is 9.14. The van der Waals surface area contributed by atoms with Crippen molar-refractivity contribution in [3.63, 3.8) is 0 Å². The second-order valence-corrected chi connectivity index (χ2v) is 5.54. The molecule has 0 saturated carbocycles. The van der Waals surface area contributed by atoms with Gasteiger partial charge in [-0.25, -0.2) is 0 Å². The number of nitrogens with one attached hydrogen (secondary N) is 1. The van der Waals surface area contributed by atoms with E-state index in [-0.39, 0.29) is 0 Å². The van der Waals surface area contributed by atoms with Crippen LogP contribution in [0.15, 0.2) is 0 Å². The maximum atomic E-state index is 3.64. The lowest BCUT2D eigenvalue weighted by atomic mass is 9.94. The highest BCUT2D eigenvalue weighted by atomic mass is 15.2. The van der Waals surface area contributed by atoms with Crippen molar-refractivity contribution in [3.05, 3.63) is 0 Å². The van der Waals surface area contributed by atoms with Gasteiger partial charge in [0.15, 0.2) is 0 Å². The molecule has 2 saturated heterocycles. The van der Waals surface area contributed by atoms with Crippen molar-refractivity contribution in [2.24, 2.45) is 5.92 Å². The fraction of sp³-hybridized carbons (Fsp3) is 1.00. The minimum absolute atomic E-state index is 0.360. The predicted octanol–water partition coefficient (Wildman–Crippen LogP) is 1.47. The number of hydrogen-bond acceptors (Lipinski definition) is 2. The molecule has 76 valence electrons. The molecule has 0 bridgehead atoms. The van der Waals surface area contributed by atoms with Gasteiger partial charge >= 0.3 is 0 Å². The van der Waals surface area contributed by atoms with Gasteiger partial charge in [0.05, 0.1) is 0 Å². The molecule has 0 amide bonds. The summed E-state index contributed by atoms with van der Waals surface area (Å²) in [6.07, 6.45) is 2.81. The van der Waals surface area contributed by atoms with Gasteiger partial charge in [-0.3, -0.25) is 4.90 Å². The van der Waals surface area contributed by atoms with Crippen molar-refractivity contribution in [2.75, 3.05) is 19.6 Å². The summed E-state index contributed by atoms with van der Waals surface area (Å²) in [5.74, 6) is 0.924. The molecule has 13 heavy (non-hydrogen) atoms. The van der Waals surface area contributed by atoms with E-state index < -0.39 is 0 Å². The van der Waals surface area contributed by atoms with E-state index in [1.807, 2.05) is 0 Å². The SMILES string of the molecule is CC(C)(C)N1C[C@H]2CCCN[C@@H]2C1. The molecular weight excluding hydrogens is 160 g/mol. The zero-order valence-electron chi connectivity index (χ0n) is 9.14. The number of nitrogens with zero attached hydrogens (tertiary/aromatic N) is 1. The first-order valence-corrected chi connectivity index (χ1v) is 5.56. The molecule has 0 aromatic heterocycles. The van der Waals surface area contributed by atoms with E-state index in [0.29, 0.717) is 5.54 Å². The lowest BCUT2D eigenvalue weighted by Gasteiger charge is -2.31. The molecule has 0 radical (unpaired) electrons.